The first-order valence-corrected chi connectivity index (χ1v) is 7.92. The first-order valence-electron chi connectivity index (χ1n) is 6.67. The van der Waals surface area contributed by atoms with E-state index >= 15 is 0 Å². The summed E-state index contributed by atoms with van der Waals surface area (Å²) >= 11 is 7.18. The van der Waals surface area contributed by atoms with E-state index in [0.29, 0.717) is 27.0 Å². The number of carbonyl (C=O) groups is 2. The normalized spacial score (nSPS) is 10.9. The molecule has 0 saturated carbocycles. The number of halogens is 1. The van der Waals surface area contributed by atoms with Crippen LogP contribution in [0.1, 0.15) is 21.8 Å². The van der Waals surface area contributed by atoms with Gasteiger partial charge in [-0.15, -0.1) is 11.3 Å². The smallest absolute Gasteiger partial charge is 0.293 e. The summed E-state index contributed by atoms with van der Waals surface area (Å²) in [7, 11) is 0. The predicted octanol–water partition coefficient (Wildman–Crippen LogP) is 3.13. The van der Waals surface area contributed by atoms with Gasteiger partial charge >= 0.3 is 0 Å². The van der Waals surface area contributed by atoms with Crippen molar-refractivity contribution in [2.24, 2.45) is 5.73 Å². The van der Waals surface area contributed by atoms with Crippen molar-refractivity contribution >= 4 is 50.9 Å². The van der Waals surface area contributed by atoms with Crippen molar-refractivity contribution < 1.29 is 14.0 Å². The number of thiazole rings is 1. The molecule has 2 heterocycles. The van der Waals surface area contributed by atoms with E-state index in [-0.39, 0.29) is 12.2 Å². The highest BCUT2D eigenvalue weighted by atomic mass is 35.5. The Bertz CT molecular complexity index is 916. The van der Waals surface area contributed by atoms with Gasteiger partial charge in [-0.2, -0.15) is 0 Å². The van der Waals surface area contributed by atoms with E-state index in [2.05, 4.69) is 10.3 Å². The van der Waals surface area contributed by atoms with Crippen LogP contribution in [-0.2, 0) is 11.2 Å². The zero-order chi connectivity index (χ0) is 16.6. The number of primary amides is 1. The molecule has 0 fully saturated rings. The van der Waals surface area contributed by atoms with E-state index in [0.717, 1.165) is 5.39 Å². The number of carbonyl (C=O) groups excluding carboxylic acids is 2. The second kappa shape index (κ2) is 6.02. The maximum atomic E-state index is 12.4. The van der Waals surface area contributed by atoms with Crippen LogP contribution in [0.15, 0.2) is 28.0 Å². The summed E-state index contributed by atoms with van der Waals surface area (Å²) < 4.78 is 5.59. The van der Waals surface area contributed by atoms with Crippen LogP contribution in [0.3, 0.4) is 0 Å². The van der Waals surface area contributed by atoms with E-state index in [1.54, 1.807) is 30.5 Å². The molecule has 0 spiro atoms. The van der Waals surface area contributed by atoms with Crippen LogP contribution in [0.25, 0.3) is 11.0 Å². The minimum Gasteiger partial charge on any atom is -0.451 e. The molecular formula is C15H12ClN3O3S. The SMILES string of the molecule is Cc1c(C(=O)Nc2nc(CC(N)=O)cs2)oc2ccc(Cl)cc12. The molecule has 3 aromatic rings. The van der Waals surface area contributed by atoms with E-state index in [4.69, 9.17) is 21.8 Å². The largest absolute Gasteiger partial charge is 0.451 e. The first-order chi connectivity index (χ1) is 10.9. The molecule has 0 aliphatic carbocycles. The van der Waals surface area contributed by atoms with Gasteiger partial charge in [0.2, 0.25) is 5.91 Å². The summed E-state index contributed by atoms with van der Waals surface area (Å²) in [5, 5.41) is 6.07. The number of benzene rings is 1. The standard InChI is InChI=1S/C15H12ClN3O3S/c1-7-10-4-8(16)2-3-11(10)22-13(7)14(21)19-15-18-9(6-23-15)5-12(17)20/h2-4,6H,5H2,1H3,(H2,17,20)(H,18,19,21). The van der Waals surface area contributed by atoms with Crippen LogP contribution >= 0.6 is 22.9 Å². The van der Waals surface area contributed by atoms with Crippen LogP contribution < -0.4 is 11.1 Å². The van der Waals surface area contributed by atoms with Crippen LogP contribution in [0.5, 0.6) is 0 Å². The number of nitrogens with one attached hydrogen (secondary N) is 1. The molecule has 2 aromatic heterocycles. The van der Waals surface area contributed by atoms with Crippen molar-refractivity contribution in [1.29, 1.82) is 0 Å². The van der Waals surface area contributed by atoms with Gasteiger partial charge < -0.3 is 10.2 Å². The lowest BCUT2D eigenvalue weighted by atomic mass is 10.1. The highest BCUT2D eigenvalue weighted by molar-refractivity contribution is 7.14. The summed E-state index contributed by atoms with van der Waals surface area (Å²) in [6.45, 7) is 1.79. The summed E-state index contributed by atoms with van der Waals surface area (Å²) in [5.41, 5.74) is 6.92. The second-order valence-corrected chi connectivity index (χ2v) is 6.23. The number of hydrogen-bond acceptors (Lipinski definition) is 5. The van der Waals surface area contributed by atoms with E-state index < -0.39 is 11.8 Å². The number of nitrogens with two attached hydrogens (primary N) is 1. The number of aryl methyl sites for hydroxylation is 1. The number of rotatable bonds is 4. The third-order valence-corrected chi connectivity index (χ3v) is 4.27. The maximum absolute atomic E-state index is 12.4. The average molecular weight is 350 g/mol. The molecule has 23 heavy (non-hydrogen) atoms. The number of amides is 2. The molecule has 0 aliphatic heterocycles. The molecule has 1 aromatic carbocycles. The van der Waals surface area contributed by atoms with Crippen molar-refractivity contribution in [2.75, 3.05) is 5.32 Å². The van der Waals surface area contributed by atoms with Crippen molar-refractivity contribution in [1.82, 2.24) is 4.98 Å². The van der Waals surface area contributed by atoms with Gasteiger partial charge in [-0.1, -0.05) is 11.6 Å². The predicted molar refractivity (Wildman–Crippen MR) is 88.9 cm³/mol. The van der Waals surface area contributed by atoms with Gasteiger partial charge in [-0.25, -0.2) is 4.98 Å². The Labute approximate surface area is 140 Å². The van der Waals surface area contributed by atoms with Crippen LogP contribution in [0, 0.1) is 6.92 Å². The van der Waals surface area contributed by atoms with Gasteiger partial charge in [0, 0.05) is 21.4 Å². The molecule has 8 heteroatoms. The van der Waals surface area contributed by atoms with Crippen molar-refractivity contribution in [3.63, 3.8) is 0 Å². The Hall–Kier alpha value is -2.38. The number of fused-ring (bicyclic) bond motifs is 1. The average Bonchev–Trinajstić information content (AvgIpc) is 3.03. The lowest BCUT2D eigenvalue weighted by Crippen LogP contribution is -2.14. The zero-order valence-corrected chi connectivity index (χ0v) is 13.6. The number of anilines is 1. The number of hydrogen-bond donors (Lipinski definition) is 2. The molecule has 0 bridgehead atoms. The molecule has 6 nitrogen and oxygen atoms in total. The molecule has 118 valence electrons. The third kappa shape index (κ3) is 3.20. The Balaban J connectivity index is 1.84. The Morgan fingerprint density at radius 1 is 1.43 bits per heavy atom. The minimum absolute atomic E-state index is 0.0362. The van der Waals surface area contributed by atoms with Crippen molar-refractivity contribution in [2.45, 2.75) is 13.3 Å². The molecule has 2 amide bonds. The highest BCUT2D eigenvalue weighted by Gasteiger charge is 2.19. The lowest BCUT2D eigenvalue weighted by Gasteiger charge is -1.99. The van der Waals surface area contributed by atoms with Gasteiger partial charge in [0.1, 0.15) is 5.58 Å². The third-order valence-electron chi connectivity index (χ3n) is 3.23. The van der Waals surface area contributed by atoms with Crippen LogP contribution in [0.2, 0.25) is 5.02 Å². The summed E-state index contributed by atoms with van der Waals surface area (Å²) in [5.74, 6) is -0.679. The molecular weight excluding hydrogens is 338 g/mol. The van der Waals surface area contributed by atoms with Crippen LogP contribution in [0.4, 0.5) is 5.13 Å². The van der Waals surface area contributed by atoms with E-state index in [1.165, 1.54) is 11.3 Å². The zero-order valence-electron chi connectivity index (χ0n) is 12.1. The fourth-order valence-corrected chi connectivity index (χ4v) is 3.07. The molecule has 0 aliphatic rings. The maximum Gasteiger partial charge on any atom is 0.293 e. The van der Waals surface area contributed by atoms with Crippen molar-refractivity contribution in [3.05, 3.63) is 45.6 Å². The van der Waals surface area contributed by atoms with Gasteiger partial charge in [0.15, 0.2) is 10.9 Å². The lowest BCUT2D eigenvalue weighted by molar-refractivity contribution is -0.117. The van der Waals surface area contributed by atoms with Gasteiger partial charge in [0.25, 0.3) is 5.91 Å². The van der Waals surface area contributed by atoms with Gasteiger partial charge in [-0.3, -0.25) is 14.9 Å². The number of furan rings is 1. The monoisotopic (exact) mass is 349 g/mol. The Kier molecular flexibility index (Phi) is 4.06. The molecule has 3 rings (SSSR count). The Morgan fingerprint density at radius 2 is 2.22 bits per heavy atom. The molecule has 3 N–H and O–H groups in total. The summed E-state index contributed by atoms with van der Waals surface area (Å²) in [6, 6.07) is 5.17. The highest BCUT2D eigenvalue weighted by Crippen LogP contribution is 2.28. The number of aromatic nitrogens is 1. The Morgan fingerprint density at radius 3 is 2.96 bits per heavy atom. The molecule has 0 radical (unpaired) electrons. The molecule has 0 unspecified atom stereocenters. The fourth-order valence-electron chi connectivity index (χ4n) is 2.19. The van der Waals surface area contributed by atoms with E-state index in [1.807, 2.05) is 0 Å². The fraction of sp³-hybridized carbons (Fsp3) is 0.133. The topological polar surface area (TPSA) is 98.2 Å². The van der Waals surface area contributed by atoms with Crippen molar-refractivity contribution in [3.8, 4) is 0 Å². The summed E-state index contributed by atoms with van der Waals surface area (Å²) in [4.78, 5) is 27.4. The number of nitrogens with zero attached hydrogens (tertiary/aromatic N) is 1. The van der Waals surface area contributed by atoms with Gasteiger partial charge in [-0.05, 0) is 25.1 Å². The minimum atomic E-state index is -0.474. The second-order valence-electron chi connectivity index (χ2n) is 4.94. The van der Waals surface area contributed by atoms with Gasteiger partial charge in [0.05, 0.1) is 12.1 Å². The van der Waals surface area contributed by atoms with Crippen LogP contribution in [-0.4, -0.2) is 16.8 Å². The molecule has 0 atom stereocenters. The summed E-state index contributed by atoms with van der Waals surface area (Å²) in [6.07, 6.45) is 0.0362. The first kappa shape index (κ1) is 15.5. The van der Waals surface area contributed by atoms with E-state index in [9.17, 15) is 9.59 Å². The quantitative estimate of drug-likeness (QED) is 0.755. The molecule has 0 saturated heterocycles.